The van der Waals surface area contributed by atoms with Gasteiger partial charge in [0.15, 0.2) is 11.5 Å². The quantitative estimate of drug-likeness (QED) is 0.739. The van der Waals surface area contributed by atoms with E-state index in [1.807, 2.05) is 0 Å². The summed E-state index contributed by atoms with van der Waals surface area (Å²) in [4.78, 5) is 9.03. The third-order valence-corrected chi connectivity index (χ3v) is 4.18. The molecule has 3 heterocycles. The number of hydrogen-bond donors (Lipinski definition) is 0. The van der Waals surface area contributed by atoms with Gasteiger partial charge in [-0.05, 0) is 29.3 Å². The molecule has 9 heteroatoms. The van der Waals surface area contributed by atoms with E-state index in [4.69, 9.17) is 0 Å². The standard InChI is InChI=1S/C11H9BrF4N4/c1-5-8(12)18-10(9-17-4-7(13)20(5)9)19-3-2-6(19)11(14,15)16/h4,6H,2-3H2,1H3/t6-/m1/s1. The Hall–Kier alpha value is -1.38. The molecule has 4 nitrogen and oxygen atoms in total. The molecule has 0 radical (unpaired) electrons. The topological polar surface area (TPSA) is 33.4 Å². The molecule has 20 heavy (non-hydrogen) atoms. The van der Waals surface area contributed by atoms with Gasteiger partial charge in [0.25, 0.3) is 0 Å². The number of imidazole rings is 1. The number of fused-ring (bicyclic) bond motifs is 1. The van der Waals surface area contributed by atoms with Gasteiger partial charge in [0.05, 0.1) is 11.9 Å². The van der Waals surface area contributed by atoms with Crippen LogP contribution < -0.4 is 4.90 Å². The molecule has 108 valence electrons. The number of anilines is 1. The van der Waals surface area contributed by atoms with Crippen molar-refractivity contribution in [3.05, 3.63) is 22.4 Å². The Morgan fingerprint density at radius 2 is 2.10 bits per heavy atom. The van der Waals surface area contributed by atoms with Crippen LogP contribution in [0.15, 0.2) is 10.8 Å². The zero-order valence-electron chi connectivity index (χ0n) is 10.2. The minimum atomic E-state index is -4.33. The lowest BCUT2D eigenvalue weighted by atomic mass is 10.0. The summed E-state index contributed by atoms with van der Waals surface area (Å²) in [6.07, 6.45) is -3.35. The maximum absolute atomic E-state index is 13.7. The minimum absolute atomic E-state index is 0.00598. The molecule has 1 fully saturated rings. The number of aryl methyl sites for hydroxylation is 1. The molecule has 2 aromatic heterocycles. The molecule has 3 rings (SSSR count). The van der Waals surface area contributed by atoms with E-state index in [-0.39, 0.29) is 24.4 Å². The van der Waals surface area contributed by atoms with Gasteiger partial charge in [-0.25, -0.2) is 9.97 Å². The van der Waals surface area contributed by atoms with Crippen molar-refractivity contribution in [2.45, 2.75) is 25.6 Å². The summed E-state index contributed by atoms with van der Waals surface area (Å²) in [7, 11) is 0. The predicted molar refractivity (Wildman–Crippen MR) is 67.2 cm³/mol. The fourth-order valence-electron chi connectivity index (χ4n) is 2.30. The van der Waals surface area contributed by atoms with Gasteiger partial charge in [0.1, 0.15) is 10.6 Å². The summed E-state index contributed by atoms with van der Waals surface area (Å²) in [5.74, 6) is -0.592. The van der Waals surface area contributed by atoms with Crippen LogP contribution in [-0.4, -0.2) is 33.1 Å². The second-order valence-corrected chi connectivity index (χ2v) is 5.34. The third-order valence-electron chi connectivity index (χ3n) is 3.43. The van der Waals surface area contributed by atoms with Crippen molar-refractivity contribution in [1.82, 2.24) is 14.4 Å². The van der Waals surface area contributed by atoms with Crippen LogP contribution >= 0.6 is 15.9 Å². The summed E-state index contributed by atoms with van der Waals surface area (Å²) in [6.45, 7) is 1.83. The number of nitrogens with zero attached hydrogens (tertiary/aromatic N) is 4. The molecule has 2 aromatic rings. The zero-order valence-corrected chi connectivity index (χ0v) is 11.8. The highest BCUT2D eigenvalue weighted by molar-refractivity contribution is 9.10. The van der Waals surface area contributed by atoms with Crippen molar-refractivity contribution < 1.29 is 17.6 Å². The smallest absolute Gasteiger partial charge is 0.341 e. The van der Waals surface area contributed by atoms with Gasteiger partial charge < -0.3 is 4.90 Å². The lowest BCUT2D eigenvalue weighted by molar-refractivity contribution is -0.159. The average Bonchev–Trinajstić information content (AvgIpc) is 2.64. The zero-order chi connectivity index (χ0) is 14.7. The molecule has 0 bridgehead atoms. The first-order chi connectivity index (χ1) is 9.30. The molecule has 1 atom stereocenters. The Labute approximate surface area is 119 Å². The van der Waals surface area contributed by atoms with E-state index in [9.17, 15) is 17.6 Å². The van der Waals surface area contributed by atoms with E-state index in [0.29, 0.717) is 10.3 Å². The summed E-state index contributed by atoms with van der Waals surface area (Å²) in [5, 5.41) is 0. The van der Waals surface area contributed by atoms with Gasteiger partial charge in [-0.15, -0.1) is 0 Å². The lowest BCUT2D eigenvalue weighted by Gasteiger charge is -2.42. The van der Waals surface area contributed by atoms with Crippen LogP contribution in [0.1, 0.15) is 12.1 Å². The maximum Gasteiger partial charge on any atom is 0.408 e. The van der Waals surface area contributed by atoms with Crippen LogP contribution in [0.5, 0.6) is 0 Å². The molecule has 0 amide bonds. The number of halogens is 5. The predicted octanol–water partition coefficient (Wildman–Crippen LogP) is 3.08. The Balaban J connectivity index is 2.16. The Morgan fingerprint density at radius 3 is 2.65 bits per heavy atom. The van der Waals surface area contributed by atoms with Gasteiger partial charge in [-0.1, -0.05) is 0 Å². The number of rotatable bonds is 1. The molecular weight excluding hydrogens is 344 g/mol. The summed E-state index contributed by atoms with van der Waals surface area (Å²) in [5.41, 5.74) is 0.542. The van der Waals surface area contributed by atoms with Crippen molar-refractivity contribution in [1.29, 1.82) is 0 Å². The molecule has 0 aromatic carbocycles. The molecular formula is C11H9BrF4N4. The van der Waals surface area contributed by atoms with Gasteiger partial charge in [0.2, 0.25) is 5.95 Å². The van der Waals surface area contributed by atoms with Crippen LogP contribution in [0.25, 0.3) is 5.65 Å². The van der Waals surface area contributed by atoms with Crippen LogP contribution in [0, 0.1) is 12.9 Å². The highest BCUT2D eigenvalue weighted by Gasteiger charge is 2.50. The third kappa shape index (κ3) is 1.87. The fourth-order valence-corrected chi connectivity index (χ4v) is 2.64. The molecule has 0 saturated carbocycles. The van der Waals surface area contributed by atoms with Crippen LogP contribution in [0.2, 0.25) is 0 Å². The van der Waals surface area contributed by atoms with E-state index >= 15 is 0 Å². The van der Waals surface area contributed by atoms with Crippen molar-refractivity contribution in [2.24, 2.45) is 0 Å². The van der Waals surface area contributed by atoms with E-state index in [0.717, 1.165) is 15.5 Å². The van der Waals surface area contributed by atoms with Crippen LogP contribution in [0.3, 0.4) is 0 Å². The van der Waals surface area contributed by atoms with Gasteiger partial charge in [-0.3, -0.25) is 4.40 Å². The largest absolute Gasteiger partial charge is 0.408 e. The highest BCUT2D eigenvalue weighted by atomic mass is 79.9. The summed E-state index contributed by atoms with van der Waals surface area (Å²) < 4.78 is 53.7. The second-order valence-electron chi connectivity index (χ2n) is 4.59. The second kappa shape index (κ2) is 4.31. The molecule has 1 saturated heterocycles. The van der Waals surface area contributed by atoms with Crippen molar-refractivity contribution in [2.75, 3.05) is 11.4 Å². The number of alkyl halides is 3. The Kier molecular flexibility index (Phi) is 2.93. The van der Waals surface area contributed by atoms with Crippen molar-refractivity contribution in [3.8, 4) is 0 Å². The first-order valence-electron chi connectivity index (χ1n) is 5.83. The lowest BCUT2D eigenvalue weighted by Crippen LogP contribution is -2.56. The monoisotopic (exact) mass is 352 g/mol. The molecule has 1 aliphatic heterocycles. The van der Waals surface area contributed by atoms with Crippen LogP contribution in [0.4, 0.5) is 23.4 Å². The maximum atomic E-state index is 13.7. The normalized spacial score (nSPS) is 19.5. The molecule has 1 aliphatic rings. The van der Waals surface area contributed by atoms with E-state index in [1.165, 1.54) is 0 Å². The summed E-state index contributed by atoms with van der Waals surface area (Å²) >= 11 is 3.14. The number of aromatic nitrogens is 3. The van der Waals surface area contributed by atoms with Gasteiger partial charge in [-0.2, -0.15) is 17.6 Å². The van der Waals surface area contributed by atoms with E-state index < -0.39 is 18.2 Å². The molecule has 0 N–H and O–H groups in total. The minimum Gasteiger partial charge on any atom is -0.341 e. The van der Waals surface area contributed by atoms with Crippen LogP contribution in [-0.2, 0) is 0 Å². The van der Waals surface area contributed by atoms with E-state index in [1.54, 1.807) is 6.92 Å². The molecule has 0 aliphatic carbocycles. The molecule has 0 unspecified atom stereocenters. The van der Waals surface area contributed by atoms with Crippen molar-refractivity contribution >= 4 is 27.4 Å². The SMILES string of the molecule is Cc1c(Br)nc(N2CC[C@@H]2C(F)(F)F)c2ncc(F)n12. The van der Waals surface area contributed by atoms with Gasteiger partial charge >= 0.3 is 6.18 Å². The van der Waals surface area contributed by atoms with Crippen molar-refractivity contribution in [3.63, 3.8) is 0 Å². The highest BCUT2D eigenvalue weighted by Crippen LogP contribution is 2.38. The Bertz CT molecular complexity index is 681. The molecule has 0 spiro atoms. The van der Waals surface area contributed by atoms with E-state index in [2.05, 4.69) is 25.9 Å². The number of hydrogen-bond acceptors (Lipinski definition) is 3. The fraction of sp³-hybridized carbons (Fsp3) is 0.455. The first kappa shape index (κ1) is 13.6. The first-order valence-corrected chi connectivity index (χ1v) is 6.62. The van der Waals surface area contributed by atoms with Gasteiger partial charge in [0, 0.05) is 6.54 Å². The average molecular weight is 353 g/mol. The Morgan fingerprint density at radius 1 is 1.40 bits per heavy atom. The summed E-state index contributed by atoms with van der Waals surface area (Å²) in [6, 6.07) is -1.59.